The normalized spacial score (nSPS) is 11.8. The molecule has 0 amide bonds. The molecule has 0 unspecified atom stereocenters. The lowest BCUT2D eigenvalue weighted by atomic mass is 10.0. The van der Waals surface area contributed by atoms with Crippen LogP contribution >= 0.6 is 33.2 Å². The molecule has 0 aromatic rings. The molecule has 0 nitrogen and oxygen atoms in total. The topological polar surface area (TPSA) is 0 Å². The average molecular weight is 358 g/mol. The summed E-state index contributed by atoms with van der Waals surface area (Å²) in [5, 5.41) is 0. The molecule has 0 spiro atoms. The molecule has 0 fully saturated rings. The van der Waals surface area contributed by atoms with Crippen LogP contribution in [0.25, 0.3) is 0 Å². The highest BCUT2D eigenvalue weighted by molar-refractivity contribution is 7.64. The van der Waals surface area contributed by atoms with E-state index in [2.05, 4.69) is 6.58 Å². The van der Waals surface area contributed by atoms with Gasteiger partial charge >= 0.3 is 6.00 Å². The van der Waals surface area contributed by atoms with E-state index < -0.39 is 6.00 Å². The highest BCUT2D eigenvalue weighted by Crippen LogP contribution is 2.27. The average Bonchev–Trinajstić information content (AvgIpc) is 2.38. The van der Waals surface area contributed by atoms with Crippen molar-refractivity contribution in [2.45, 2.75) is 89.5 Å². The van der Waals surface area contributed by atoms with Crippen molar-refractivity contribution in [3.63, 3.8) is 0 Å². The van der Waals surface area contributed by atoms with Gasteiger partial charge in [-0.25, -0.2) is 0 Å². The Morgan fingerprint density at radius 1 is 0.600 bits per heavy atom. The lowest BCUT2D eigenvalue weighted by Gasteiger charge is -2.06. The minimum Gasteiger partial charge on any atom is -0.126 e. The SMILES string of the molecule is C=CCCCCCCCCCCCCCC[Si](Cl)(Cl)Cl. The van der Waals surface area contributed by atoms with Crippen LogP contribution in [0.2, 0.25) is 6.04 Å². The molecular formula is C16H31Cl3Si. The molecule has 4 heteroatoms. The quantitative estimate of drug-likeness (QED) is 0.121. The van der Waals surface area contributed by atoms with Gasteiger partial charge in [0.15, 0.2) is 0 Å². The van der Waals surface area contributed by atoms with Crippen molar-refractivity contribution < 1.29 is 0 Å². The van der Waals surface area contributed by atoms with E-state index in [1.807, 2.05) is 6.08 Å². The van der Waals surface area contributed by atoms with Crippen LogP contribution in [0.1, 0.15) is 83.5 Å². The zero-order valence-corrected chi connectivity index (χ0v) is 16.1. The van der Waals surface area contributed by atoms with Crippen LogP contribution in [0.5, 0.6) is 0 Å². The van der Waals surface area contributed by atoms with Crippen molar-refractivity contribution >= 4 is 39.2 Å². The van der Waals surface area contributed by atoms with Crippen molar-refractivity contribution in [1.29, 1.82) is 0 Å². The third kappa shape index (κ3) is 18.8. The second-order valence-corrected chi connectivity index (χ2v) is 15.0. The summed E-state index contributed by atoms with van der Waals surface area (Å²) >= 11 is 17.5. The molecule has 0 heterocycles. The van der Waals surface area contributed by atoms with E-state index in [0.717, 1.165) is 12.5 Å². The number of halogens is 3. The van der Waals surface area contributed by atoms with Gasteiger partial charge in [-0.05, 0) is 18.9 Å². The second-order valence-electron chi connectivity index (χ2n) is 5.69. The Labute approximate surface area is 141 Å². The molecular weight excluding hydrogens is 327 g/mol. The van der Waals surface area contributed by atoms with E-state index in [1.54, 1.807) is 0 Å². The molecule has 0 saturated heterocycles. The Kier molecular flexibility index (Phi) is 15.4. The maximum absolute atomic E-state index is 5.85. The van der Waals surface area contributed by atoms with Crippen molar-refractivity contribution in [3.05, 3.63) is 12.7 Å². The first-order valence-electron chi connectivity index (χ1n) is 8.24. The van der Waals surface area contributed by atoms with Gasteiger partial charge in [0.1, 0.15) is 0 Å². The summed E-state index contributed by atoms with van der Waals surface area (Å²) in [7, 11) is 0. The molecule has 0 N–H and O–H groups in total. The maximum atomic E-state index is 5.85. The number of hydrogen-bond donors (Lipinski definition) is 0. The van der Waals surface area contributed by atoms with Crippen molar-refractivity contribution in [2.24, 2.45) is 0 Å². The Balaban J connectivity index is 3.01. The first-order valence-corrected chi connectivity index (χ1v) is 13.5. The Morgan fingerprint density at radius 3 is 1.30 bits per heavy atom. The van der Waals surface area contributed by atoms with Crippen molar-refractivity contribution in [1.82, 2.24) is 0 Å². The molecule has 20 heavy (non-hydrogen) atoms. The largest absolute Gasteiger partial charge is 0.341 e. The predicted molar refractivity (Wildman–Crippen MR) is 98.3 cm³/mol. The van der Waals surface area contributed by atoms with Gasteiger partial charge in [0, 0.05) is 0 Å². The monoisotopic (exact) mass is 356 g/mol. The summed E-state index contributed by atoms with van der Waals surface area (Å²) in [6, 6.07) is -1.53. The van der Waals surface area contributed by atoms with Gasteiger partial charge in [0.2, 0.25) is 0 Å². The minimum atomic E-state index is -2.35. The molecule has 0 saturated carbocycles. The van der Waals surface area contributed by atoms with E-state index >= 15 is 0 Å². The number of hydrogen-bond acceptors (Lipinski definition) is 0. The Bertz CT molecular complexity index is 214. The van der Waals surface area contributed by atoms with Gasteiger partial charge < -0.3 is 0 Å². The van der Waals surface area contributed by atoms with Gasteiger partial charge in [-0.15, -0.1) is 39.8 Å². The van der Waals surface area contributed by atoms with Crippen LogP contribution < -0.4 is 0 Å². The fourth-order valence-corrected chi connectivity index (χ4v) is 4.24. The van der Waals surface area contributed by atoms with Crippen LogP contribution in [-0.2, 0) is 0 Å². The first-order chi connectivity index (χ1) is 9.56. The fourth-order valence-electron chi connectivity index (χ4n) is 2.38. The summed E-state index contributed by atoms with van der Waals surface area (Å²) in [6.45, 7) is 3.75. The molecule has 0 aliphatic rings. The maximum Gasteiger partial charge on any atom is 0.341 e. The van der Waals surface area contributed by atoms with Gasteiger partial charge in [-0.3, -0.25) is 0 Å². The summed E-state index contributed by atoms with van der Waals surface area (Å²) in [5.74, 6) is 0. The zero-order valence-electron chi connectivity index (χ0n) is 12.8. The van der Waals surface area contributed by atoms with Gasteiger partial charge in [-0.1, -0.05) is 76.7 Å². The zero-order chi connectivity index (χ0) is 15.1. The molecule has 0 aliphatic carbocycles. The molecule has 120 valence electrons. The van der Waals surface area contributed by atoms with Gasteiger partial charge in [0.25, 0.3) is 0 Å². The third-order valence-corrected chi connectivity index (χ3v) is 6.24. The van der Waals surface area contributed by atoms with E-state index in [-0.39, 0.29) is 0 Å². The molecule has 0 aromatic carbocycles. The number of allylic oxidation sites excluding steroid dienone is 1. The molecule has 0 bridgehead atoms. The molecule has 0 atom stereocenters. The Morgan fingerprint density at radius 2 is 0.950 bits per heavy atom. The lowest BCUT2D eigenvalue weighted by molar-refractivity contribution is 0.545. The number of unbranched alkanes of at least 4 members (excludes halogenated alkanes) is 12. The smallest absolute Gasteiger partial charge is 0.126 e. The third-order valence-electron chi connectivity index (χ3n) is 3.62. The summed E-state index contributed by atoms with van der Waals surface area (Å²) < 4.78 is 0. The molecule has 0 aromatic heterocycles. The first kappa shape index (κ1) is 20.8. The van der Waals surface area contributed by atoms with E-state index in [0.29, 0.717) is 0 Å². The van der Waals surface area contributed by atoms with Gasteiger partial charge in [-0.2, -0.15) is 0 Å². The van der Waals surface area contributed by atoms with Crippen LogP contribution in [0, 0.1) is 0 Å². The summed E-state index contributed by atoms with van der Waals surface area (Å²) in [5.41, 5.74) is 0. The van der Waals surface area contributed by atoms with Crippen LogP contribution in [0.15, 0.2) is 12.7 Å². The van der Waals surface area contributed by atoms with Crippen molar-refractivity contribution in [2.75, 3.05) is 0 Å². The highest BCUT2D eigenvalue weighted by atomic mass is 35.8. The molecule has 0 radical (unpaired) electrons. The highest BCUT2D eigenvalue weighted by Gasteiger charge is 2.23. The summed E-state index contributed by atoms with van der Waals surface area (Å²) in [4.78, 5) is 0. The lowest BCUT2D eigenvalue weighted by Crippen LogP contribution is -2.07. The second kappa shape index (κ2) is 14.8. The van der Waals surface area contributed by atoms with Crippen molar-refractivity contribution in [3.8, 4) is 0 Å². The van der Waals surface area contributed by atoms with Gasteiger partial charge in [0.05, 0.1) is 0 Å². The Hall–Kier alpha value is 0.827. The molecule has 0 rings (SSSR count). The number of rotatable bonds is 15. The fraction of sp³-hybridized carbons (Fsp3) is 0.875. The van der Waals surface area contributed by atoms with E-state index in [9.17, 15) is 0 Å². The van der Waals surface area contributed by atoms with E-state index in [1.165, 1.54) is 77.0 Å². The van der Waals surface area contributed by atoms with Crippen LogP contribution in [0.4, 0.5) is 0 Å². The predicted octanol–water partition coefficient (Wildman–Crippen LogP) is 7.90. The standard InChI is InChI=1S/C16H31Cl3Si/c1-2-3-4-5-6-7-8-9-10-11-12-13-14-15-16-20(17,18)19/h2H,1,3-16H2. The van der Waals surface area contributed by atoms with Crippen LogP contribution in [0.3, 0.4) is 0 Å². The minimum absolute atomic E-state index is 0.823. The summed E-state index contributed by atoms with van der Waals surface area (Å²) in [6.07, 6.45) is 19.3. The van der Waals surface area contributed by atoms with E-state index in [4.69, 9.17) is 33.2 Å². The molecule has 0 aliphatic heterocycles. The van der Waals surface area contributed by atoms with Crippen LogP contribution in [-0.4, -0.2) is 6.00 Å².